The second kappa shape index (κ2) is 8.23. The van der Waals surface area contributed by atoms with Crippen LogP contribution in [0.15, 0.2) is 54.0 Å². The minimum Gasteiger partial charge on any atom is -0.360 e. The summed E-state index contributed by atoms with van der Waals surface area (Å²) in [5.74, 6) is 0. The van der Waals surface area contributed by atoms with Crippen LogP contribution in [0.4, 0.5) is 18.9 Å². The summed E-state index contributed by atoms with van der Waals surface area (Å²) >= 11 is 13.3. The van der Waals surface area contributed by atoms with Crippen LogP contribution in [-0.2, 0) is 6.18 Å². The molecule has 0 aliphatic heterocycles. The predicted molar refractivity (Wildman–Crippen MR) is 106 cm³/mol. The van der Waals surface area contributed by atoms with Gasteiger partial charge in [0.25, 0.3) is 0 Å². The predicted octanol–water partition coefficient (Wildman–Crippen LogP) is 7.11. The van der Waals surface area contributed by atoms with Crippen LogP contribution in [0, 0.1) is 11.3 Å². The number of halogens is 5. The molecule has 0 aliphatic carbocycles. The molecule has 28 heavy (non-hydrogen) atoms. The van der Waals surface area contributed by atoms with Gasteiger partial charge in [0, 0.05) is 27.9 Å². The molecule has 0 radical (unpaired) electrons. The van der Waals surface area contributed by atoms with Gasteiger partial charge >= 0.3 is 6.18 Å². The molecule has 0 aliphatic rings. The second-order valence-corrected chi connectivity index (χ2v) is 7.26. The van der Waals surface area contributed by atoms with Crippen LogP contribution in [-0.4, -0.2) is 4.98 Å². The quantitative estimate of drug-likeness (QED) is 0.440. The molecule has 0 bridgehead atoms. The minimum atomic E-state index is -4.44. The molecule has 0 atom stereocenters. The van der Waals surface area contributed by atoms with Gasteiger partial charge in [-0.05, 0) is 36.4 Å². The monoisotopic (exact) mass is 439 g/mol. The first-order valence-corrected chi connectivity index (χ1v) is 9.37. The van der Waals surface area contributed by atoms with Crippen molar-refractivity contribution in [3.63, 3.8) is 0 Å². The van der Waals surface area contributed by atoms with Crippen LogP contribution >= 0.6 is 34.5 Å². The van der Waals surface area contributed by atoms with E-state index in [9.17, 15) is 18.4 Å². The normalized spacial score (nSPS) is 11.9. The average molecular weight is 440 g/mol. The largest absolute Gasteiger partial charge is 0.416 e. The molecule has 0 saturated heterocycles. The molecule has 142 valence electrons. The fraction of sp³-hybridized carbons (Fsp3) is 0.0526. The third-order valence-electron chi connectivity index (χ3n) is 3.64. The van der Waals surface area contributed by atoms with Gasteiger partial charge in [-0.15, -0.1) is 11.3 Å². The minimum absolute atomic E-state index is 0.179. The number of nitrogens with one attached hydrogen (secondary N) is 1. The van der Waals surface area contributed by atoms with Gasteiger partial charge in [-0.3, -0.25) is 0 Å². The van der Waals surface area contributed by atoms with Crippen molar-refractivity contribution in [2.24, 2.45) is 0 Å². The molecule has 3 rings (SSSR count). The summed E-state index contributed by atoms with van der Waals surface area (Å²) in [6.45, 7) is 0. The first-order valence-electron chi connectivity index (χ1n) is 7.73. The number of rotatable bonds is 4. The third-order valence-corrected chi connectivity index (χ3v) is 5.06. The van der Waals surface area contributed by atoms with Crippen molar-refractivity contribution < 1.29 is 13.2 Å². The van der Waals surface area contributed by atoms with Crippen molar-refractivity contribution in [2.45, 2.75) is 6.18 Å². The van der Waals surface area contributed by atoms with Crippen molar-refractivity contribution in [3.05, 3.63) is 74.7 Å². The molecule has 0 saturated carbocycles. The highest BCUT2D eigenvalue weighted by Crippen LogP contribution is 2.33. The van der Waals surface area contributed by atoms with Crippen LogP contribution < -0.4 is 5.32 Å². The van der Waals surface area contributed by atoms with Gasteiger partial charge in [-0.25, -0.2) is 4.98 Å². The number of hydrogen-bond acceptors (Lipinski definition) is 4. The molecular formula is C19H10Cl2F3N3S. The fourth-order valence-corrected chi connectivity index (χ4v) is 3.59. The van der Waals surface area contributed by atoms with Crippen molar-refractivity contribution in [1.82, 2.24) is 4.98 Å². The van der Waals surface area contributed by atoms with Gasteiger partial charge in [-0.2, -0.15) is 18.4 Å². The number of allylic oxidation sites excluding steroid dienone is 1. The lowest BCUT2D eigenvalue weighted by atomic mass is 10.2. The highest BCUT2D eigenvalue weighted by Gasteiger charge is 2.30. The number of aromatic nitrogens is 1. The van der Waals surface area contributed by atoms with E-state index < -0.39 is 11.7 Å². The molecule has 3 aromatic rings. The van der Waals surface area contributed by atoms with E-state index in [0.29, 0.717) is 26.3 Å². The fourth-order valence-electron chi connectivity index (χ4n) is 2.30. The molecule has 3 nitrogen and oxygen atoms in total. The van der Waals surface area contributed by atoms with Crippen LogP contribution in [0.3, 0.4) is 0 Å². The molecule has 0 fully saturated rings. The maximum Gasteiger partial charge on any atom is 0.416 e. The Morgan fingerprint density at radius 3 is 2.64 bits per heavy atom. The topological polar surface area (TPSA) is 48.7 Å². The number of nitrogens with zero attached hydrogens (tertiary/aromatic N) is 2. The summed E-state index contributed by atoms with van der Waals surface area (Å²) in [6.07, 6.45) is -3.12. The lowest BCUT2D eigenvalue weighted by molar-refractivity contribution is -0.137. The number of nitriles is 1. The molecule has 1 N–H and O–H groups in total. The zero-order chi connectivity index (χ0) is 20.3. The van der Waals surface area contributed by atoms with Crippen LogP contribution in [0.1, 0.15) is 10.6 Å². The van der Waals surface area contributed by atoms with Crippen molar-refractivity contribution in [3.8, 4) is 17.3 Å². The highest BCUT2D eigenvalue weighted by molar-refractivity contribution is 7.11. The summed E-state index contributed by atoms with van der Waals surface area (Å²) in [5.41, 5.74) is 0.843. The van der Waals surface area contributed by atoms with Gasteiger partial charge in [0.2, 0.25) is 0 Å². The first kappa shape index (κ1) is 20.2. The molecular weight excluding hydrogens is 430 g/mol. The van der Waals surface area contributed by atoms with Crippen LogP contribution in [0.25, 0.3) is 16.8 Å². The first-order chi connectivity index (χ1) is 13.3. The molecule has 1 aromatic heterocycles. The molecule has 1 heterocycles. The van der Waals surface area contributed by atoms with E-state index in [1.165, 1.54) is 29.7 Å². The zero-order valence-corrected chi connectivity index (χ0v) is 16.2. The second-order valence-electron chi connectivity index (χ2n) is 5.55. The molecule has 0 amide bonds. The van der Waals surface area contributed by atoms with E-state index in [1.807, 2.05) is 6.07 Å². The third kappa shape index (κ3) is 4.65. The lowest BCUT2D eigenvalue weighted by Gasteiger charge is -2.08. The van der Waals surface area contributed by atoms with Crippen LogP contribution in [0.5, 0.6) is 0 Å². The van der Waals surface area contributed by atoms with E-state index in [-0.39, 0.29) is 11.3 Å². The van der Waals surface area contributed by atoms with Gasteiger partial charge < -0.3 is 5.32 Å². The molecule has 0 unspecified atom stereocenters. The summed E-state index contributed by atoms with van der Waals surface area (Å²) in [5, 5.41) is 15.2. The van der Waals surface area contributed by atoms with E-state index >= 15 is 0 Å². The van der Waals surface area contributed by atoms with E-state index in [0.717, 1.165) is 12.1 Å². The Bertz CT molecular complexity index is 1080. The smallest absolute Gasteiger partial charge is 0.360 e. The van der Waals surface area contributed by atoms with E-state index in [1.54, 1.807) is 23.6 Å². The Labute approximate surface area is 172 Å². The van der Waals surface area contributed by atoms with E-state index in [4.69, 9.17) is 23.2 Å². The van der Waals surface area contributed by atoms with Gasteiger partial charge in [0.15, 0.2) is 0 Å². The molecule has 9 heteroatoms. The average Bonchev–Trinajstić information content (AvgIpc) is 3.11. The summed E-state index contributed by atoms with van der Waals surface area (Å²) in [7, 11) is 0. The SMILES string of the molecule is N#CC(=CNc1cccc(C(F)(F)F)c1)c1nc(-c2ccc(Cl)cc2Cl)cs1. The Kier molecular flexibility index (Phi) is 5.94. The Balaban J connectivity index is 1.85. The van der Waals surface area contributed by atoms with Crippen molar-refractivity contribution in [2.75, 3.05) is 5.32 Å². The standard InChI is InChI=1S/C19H10Cl2F3N3S/c20-13-4-5-15(16(21)7-13)17-10-28-18(27-17)11(8-25)9-26-14-3-1-2-12(6-14)19(22,23)24/h1-7,9-10,26H. The Hall–Kier alpha value is -2.53. The maximum atomic E-state index is 12.8. The van der Waals surface area contributed by atoms with Gasteiger partial charge in [0.1, 0.15) is 16.6 Å². The summed E-state index contributed by atoms with van der Waals surface area (Å²) in [4.78, 5) is 4.39. The lowest BCUT2D eigenvalue weighted by Crippen LogP contribution is -2.05. The molecule has 2 aromatic carbocycles. The van der Waals surface area contributed by atoms with Crippen molar-refractivity contribution in [1.29, 1.82) is 5.26 Å². The highest BCUT2D eigenvalue weighted by atomic mass is 35.5. The number of benzene rings is 2. The molecule has 0 spiro atoms. The Morgan fingerprint density at radius 1 is 1.18 bits per heavy atom. The number of alkyl halides is 3. The number of anilines is 1. The van der Waals surface area contributed by atoms with Crippen LogP contribution in [0.2, 0.25) is 10.0 Å². The zero-order valence-electron chi connectivity index (χ0n) is 13.9. The van der Waals surface area contributed by atoms with Gasteiger partial charge in [-0.1, -0.05) is 29.3 Å². The van der Waals surface area contributed by atoms with Gasteiger partial charge in [0.05, 0.1) is 16.3 Å². The number of hydrogen-bond donors (Lipinski definition) is 1. The summed E-state index contributed by atoms with van der Waals surface area (Å²) < 4.78 is 38.4. The number of thiazole rings is 1. The summed E-state index contributed by atoms with van der Waals surface area (Å²) in [6, 6.07) is 11.7. The maximum absolute atomic E-state index is 12.8. The Morgan fingerprint density at radius 2 is 1.96 bits per heavy atom. The van der Waals surface area contributed by atoms with E-state index in [2.05, 4.69) is 10.3 Å². The van der Waals surface area contributed by atoms with Crippen molar-refractivity contribution >= 4 is 45.8 Å².